The number of aromatic nitrogens is 2. The SMILES string of the molecule is COc1ccc(-c2cnc(SCC(=O)N[C@@H]3CCC[C@H]3N(CCc3ccc(Cl)cc3)C(=O)OC(C)(C)C)nc2)cc1OC. The summed E-state index contributed by atoms with van der Waals surface area (Å²) in [6, 6.07) is 12.9. The van der Waals surface area contributed by atoms with E-state index < -0.39 is 5.60 Å². The molecule has 1 N–H and O–H groups in total. The number of thioether (sulfide) groups is 1. The summed E-state index contributed by atoms with van der Waals surface area (Å²) >= 11 is 7.31. The average Bonchev–Trinajstić information content (AvgIpc) is 3.43. The lowest BCUT2D eigenvalue weighted by molar-refractivity contribution is -0.119. The fourth-order valence-electron chi connectivity index (χ4n) is 5.03. The Balaban J connectivity index is 1.36. The van der Waals surface area contributed by atoms with E-state index in [1.54, 1.807) is 31.5 Å². The quantitative estimate of drug-likeness (QED) is 0.192. The summed E-state index contributed by atoms with van der Waals surface area (Å²) in [6.07, 6.45) is 6.21. The molecular formula is C32H39ClN4O5S. The molecule has 0 bridgehead atoms. The van der Waals surface area contributed by atoms with Gasteiger partial charge in [0.15, 0.2) is 16.7 Å². The van der Waals surface area contributed by atoms with Gasteiger partial charge in [-0.1, -0.05) is 41.6 Å². The first-order valence-corrected chi connectivity index (χ1v) is 15.6. The molecule has 0 aliphatic heterocycles. The first kappa shape index (κ1) is 32.4. The lowest BCUT2D eigenvalue weighted by atomic mass is 10.1. The van der Waals surface area contributed by atoms with Crippen molar-refractivity contribution >= 4 is 35.4 Å². The highest BCUT2D eigenvalue weighted by atomic mass is 35.5. The van der Waals surface area contributed by atoms with Crippen LogP contribution in [0.15, 0.2) is 60.0 Å². The molecule has 1 fully saturated rings. The van der Waals surface area contributed by atoms with Crippen LogP contribution in [-0.2, 0) is 16.0 Å². The second-order valence-corrected chi connectivity index (χ2v) is 12.7. The number of hydrogen-bond donors (Lipinski definition) is 1. The van der Waals surface area contributed by atoms with Gasteiger partial charge in [0.1, 0.15) is 5.60 Å². The molecule has 1 aliphatic carbocycles. The highest BCUT2D eigenvalue weighted by molar-refractivity contribution is 7.99. The van der Waals surface area contributed by atoms with Crippen molar-refractivity contribution in [1.29, 1.82) is 0 Å². The molecule has 230 valence electrons. The van der Waals surface area contributed by atoms with E-state index in [2.05, 4.69) is 15.3 Å². The monoisotopic (exact) mass is 626 g/mol. The molecule has 0 unspecified atom stereocenters. The molecule has 1 heterocycles. The third kappa shape index (κ3) is 9.24. The summed E-state index contributed by atoms with van der Waals surface area (Å²) < 4.78 is 16.5. The van der Waals surface area contributed by atoms with Gasteiger partial charge in [-0.3, -0.25) is 4.79 Å². The van der Waals surface area contributed by atoms with Crippen LogP contribution in [0.25, 0.3) is 11.1 Å². The van der Waals surface area contributed by atoms with Gasteiger partial charge in [0.25, 0.3) is 0 Å². The molecule has 4 rings (SSSR count). The maximum Gasteiger partial charge on any atom is 0.410 e. The Bertz CT molecular complexity index is 1380. The Kier molecular flexibility index (Phi) is 11.2. The molecule has 1 saturated carbocycles. The molecule has 0 saturated heterocycles. The Labute approximate surface area is 262 Å². The van der Waals surface area contributed by atoms with E-state index in [4.69, 9.17) is 25.8 Å². The summed E-state index contributed by atoms with van der Waals surface area (Å²) in [5.74, 6) is 1.30. The van der Waals surface area contributed by atoms with Crippen LogP contribution in [0.3, 0.4) is 0 Å². The van der Waals surface area contributed by atoms with E-state index in [-0.39, 0.29) is 29.8 Å². The Morgan fingerprint density at radius 3 is 2.35 bits per heavy atom. The van der Waals surface area contributed by atoms with Gasteiger partial charge in [-0.25, -0.2) is 14.8 Å². The van der Waals surface area contributed by atoms with Gasteiger partial charge in [0.05, 0.1) is 26.0 Å². The minimum absolute atomic E-state index is 0.128. The fourth-order valence-corrected chi connectivity index (χ4v) is 5.75. The molecule has 1 aromatic heterocycles. The Morgan fingerprint density at radius 1 is 1.00 bits per heavy atom. The number of nitrogens with zero attached hydrogens (tertiary/aromatic N) is 3. The first-order chi connectivity index (χ1) is 20.6. The summed E-state index contributed by atoms with van der Waals surface area (Å²) in [4.78, 5) is 37.0. The van der Waals surface area contributed by atoms with Gasteiger partial charge in [0, 0.05) is 35.6 Å². The number of nitrogens with one attached hydrogen (secondary N) is 1. The molecule has 9 nitrogen and oxygen atoms in total. The van der Waals surface area contributed by atoms with Crippen molar-refractivity contribution in [2.24, 2.45) is 0 Å². The highest BCUT2D eigenvalue weighted by Gasteiger charge is 2.37. The zero-order valence-corrected chi connectivity index (χ0v) is 26.8. The van der Waals surface area contributed by atoms with Crippen LogP contribution in [0.4, 0.5) is 4.79 Å². The number of methoxy groups -OCH3 is 2. The molecule has 2 aromatic carbocycles. The van der Waals surface area contributed by atoms with Crippen LogP contribution in [0.1, 0.15) is 45.6 Å². The lowest BCUT2D eigenvalue weighted by Gasteiger charge is -2.35. The second-order valence-electron chi connectivity index (χ2n) is 11.3. The Hall–Kier alpha value is -3.50. The zero-order chi connectivity index (χ0) is 31.0. The number of carbonyl (C=O) groups is 2. The summed E-state index contributed by atoms with van der Waals surface area (Å²) in [5.41, 5.74) is 2.16. The van der Waals surface area contributed by atoms with Gasteiger partial charge in [-0.15, -0.1) is 0 Å². The molecule has 1 aliphatic rings. The predicted molar refractivity (Wildman–Crippen MR) is 169 cm³/mol. The van der Waals surface area contributed by atoms with Gasteiger partial charge in [0.2, 0.25) is 5.91 Å². The highest BCUT2D eigenvalue weighted by Crippen LogP contribution is 2.32. The number of rotatable bonds is 11. The maximum absolute atomic E-state index is 13.3. The standard InChI is InChI=1S/C32H39ClN4O5S/c1-32(2,3)42-31(39)37(16-15-21-9-12-24(33)13-10-21)26-8-6-7-25(26)36-29(38)20-43-30-34-18-23(19-35-30)22-11-14-27(40-4)28(17-22)41-5/h9-14,17-19,25-26H,6-8,15-16,20H2,1-5H3,(H,36,38)/t25-,26-/m1/s1. The third-order valence-electron chi connectivity index (χ3n) is 7.09. The fraction of sp³-hybridized carbons (Fsp3) is 0.438. The van der Waals surface area contributed by atoms with E-state index in [1.807, 2.05) is 63.2 Å². The molecule has 0 radical (unpaired) electrons. The molecular weight excluding hydrogens is 588 g/mol. The van der Waals surface area contributed by atoms with Crippen LogP contribution in [0.2, 0.25) is 5.02 Å². The van der Waals surface area contributed by atoms with Crippen molar-refractivity contribution in [2.75, 3.05) is 26.5 Å². The number of carbonyl (C=O) groups excluding carboxylic acids is 2. The zero-order valence-electron chi connectivity index (χ0n) is 25.3. The van der Waals surface area contributed by atoms with Gasteiger partial charge in [-0.05, 0) is 81.8 Å². The van der Waals surface area contributed by atoms with Crippen LogP contribution in [-0.4, -0.2) is 71.1 Å². The molecule has 2 atom stereocenters. The van der Waals surface area contributed by atoms with Gasteiger partial charge in [-0.2, -0.15) is 0 Å². The van der Waals surface area contributed by atoms with Gasteiger partial charge < -0.3 is 24.4 Å². The van der Waals surface area contributed by atoms with Crippen molar-refractivity contribution < 1.29 is 23.8 Å². The minimum Gasteiger partial charge on any atom is -0.493 e. The van der Waals surface area contributed by atoms with Gasteiger partial charge >= 0.3 is 6.09 Å². The third-order valence-corrected chi connectivity index (χ3v) is 8.21. The van der Waals surface area contributed by atoms with Crippen LogP contribution >= 0.6 is 23.4 Å². The largest absolute Gasteiger partial charge is 0.493 e. The van der Waals surface area contributed by atoms with Crippen molar-refractivity contribution in [3.63, 3.8) is 0 Å². The topological polar surface area (TPSA) is 103 Å². The summed E-state index contributed by atoms with van der Waals surface area (Å²) in [5, 5.41) is 4.33. The smallest absolute Gasteiger partial charge is 0.410 e. The van der Waals surface area contributed by atoms with E-state index in [0.29, 0.717) is 34.6 Å². The number of amides is 2. The van der Waals surface area contributed by atoms with Crippen LogP contribution in [0.5, 0.6) is 11.5 Å². The normalized spacial score (nSPS) is 16.4. The number of halogens is 1. The van der Waals surface area contributed by atoms with E-state index in [1.165, 1.54) is 11.8 Å². The molecule has 3 aromatic rings. The van der Waals surface area contributed by atoms with Crippen molar-refractivity contribution in [1.82, 2.24) is 20.2 Å². The van der Waals surface area contributed by atoms with Crippen LogP contribution in [0, 0.1) is 0 Å². The maximum atomic E-state index is 13.3. The second kappa shape index (κ2) is 14.8. The van der Waals surface area contributed by atoms with E-state index >= 15 is 0 Å². The number of ether oxygens (including phenoxy) is 3. The number of hydrogen-bond acceptors (Lipinski definition) is 8. The van der Waals surface area contributed by atoms with E-state index in [9.17, 15) is 9.59 Å². The van der Waals surface area contributed by atoms with Crippen molar-refractivity contribution in [3.8, 4) is 22.6 Å². The van der Waals surface area contributed by atoms with Crippen LogP contribution < -0.4 is 14.8 Å². The molecule has 11 heteroatoms. The summed E-state index contributed by atoms with van der Waals surface area (Å²) in [6.45, 7) is 6.05. The predicted octanol–water partition coefficient (Wildman–Crippen LogP) is 6.42. The number of benzene rings is 2. The Morgan fingerprint density at radius 2 is 1.70 bits per heavy atom. The molecule has 2 amide bonds. The average molecular weight is 627 g/mol. The lowest BCUT2D eigenvalue weighted by Crippen LogP contribution is -2.52. The van der Waals surface area contributed by atoms with Crippen molar-refractivity contribution in [3.05, 3.63) is 65.4 Å². The molecule has 43 heavy (non-hydrogen) atoms. The summed E-state index contributed by atoms with van der Waals surface area (Å²) in [7, 11) is 3.18. The minimum atomic E-state index is -0.626. The molecule has 0 spiro atoms. The first-order valence-electron chi connectivity index (χ1n) is 14.3. The van der Waals surface area contributed by atoms with E-state index in [0.717, 1.165) is 36.0 Å². The van der Waals surface area contributed by atoms with Crippen molar-refractivity contribution in [2.45, 2.75) is 69.3 Å².